The number of rotatable bonds is 3. The van der Waals surface area contributed by atoms with E-state index in [1.807, 2.05) is 33.8 Å². The second kappa shape index (κ2) is 5.46. The van der Waals surface area contributed by atoms with Crippen LogP contribution in [0, 0.1) is 5.41 Å². The first-order valence-electron chi connectivity index (χ1n) is 4.55. The Morgan fingerprint density at radius 1 is 1.36 bits per heavy atom. The summed E-state index contributed by atoms with van der Waals surface area (Å²) in [5, 5.41) is 0. The molecule has 0 aliphatic carbocycles. The van der Waals surface area contributed by atoms with Crippen LogP contribution in [0.5, 0.6) is 0 Å². The van der Waals surface area contributed by atoms with E-state index in [0.717, 1.165) is 5.57 Å². The fourth-order valence-electron chi connectivity index (χ4n) is 0.729. The Balaban J connectivity index is 4.58. The average molecular weight is 194 g/mol. The molecular formula is C12H18O2. The number of carbonyl (C=O) groups excluding carboxylic acids is 1. The van der Waals surface area contributed by atoms with Crippen molar-refractivity contribution >= 4 is 5.97 Å². The van der Waals surface area contributed by atoms with Crippen LogP contribution in [0.15, 0.2) is 29.5 Å². The number of carbonyl (C=O) groups is 1. The lowest BCUT2D eigenvalue weighted by molar-refractivity contribution is -0.134. The van der Waals surface area contributed by atoms with Crippen molar-refractivity contribution in [2.24, 2.45) is 5.41 Å². The van der Waals surface area contributed by atoms with Gasteiger partial charge in [0.15, 0.2) is 0 Å². The first-order chi connectivity index (χ1) is 6.37. The maximum absolute atomic E-state index is 10.8. The highest BCUT2D eigenvalue weighted by Crippen LogP contribution is 2.18. The zero-order chi connectivity index (χ0) is 11.2. The molecule has 0 saturated carbocycles. The molecule has 14 heavy (non-hydrogen) atoms. The summed E-state index contributed by atoms with van der Waals surface area (Å²) in [7, 11) is 1.37. The van der Waals surface area contributed by atoms with Gasteiger partial charge >= 0.3 is 5.97 Å². The predicted octanol–water partition coefficient (Wildman–Crippen LogP) is 2.86. The summed E-state index contributed by atoms with van der Waals surface area (Å²) in [5.41, 5.74) is 4.06. The summed E-state index contributed by atoms with van der Waals surface area (Å²) in [5.74, 6) is -0.330. The molecule has 0 aromatic carbocycles. The van der Waals surface area contributed by atoms with Crippen molar-refractivity contribution in [3.05, 3.63) is 29.5 Å². The van der Waals surface area contributed by atoms with Crippen molar-refractivity contribution in [3.63, 3.8) is 0 Å². The molecule has 0 aliphatic rings. The van der Waals surface area contributed by atoms with Gasteiger partial charge in [0.25, 0.3) is 0 Å². The van der Waals surface area contributed by atoms with Crippen molar-refractivity contribution in [2.45, 2.75) is 27.7 Å². The van der Waals surface area contributed by atoms with Crippen LogP contribution in [0.4, 0.5) is 0 Å². The molecule has 0 N–H and O–H groups in total. The standard InChI is InChI=1S/C12H18O2/c1-10(2)6-8-12(3,4)9-7-11(13)14-5/h7-9H,1-5H3/b9-7+. The SMILES string of the molecule is COC(=O)/C=C/C(C)(C)C=C=C(C)C. The van der Waals surface area contributed by atoms with Crippen molar-refractivity contribution in [1.29, 1.82) is 0 Å². The average Bonchev–Trinajstić information content (AvgIpc) is 2.11. The minimum absolute atomic E-state index is 0.175. The molecule has 0 fully saturated rings. The zero-order valence-electron chi connectivity index (χ0n) is 9.55. The third-order valence-corrected chi connectivity index (χ3v) is 1.58. The molecule has 78 valence electrons. The monoisotopic (exact) mass is 194 g/mol. The molecule has 0 bridgehead atoms. The number of ether oxygens (including phenoxy) is 1. The number of esters is 1. The van der Waals surface area contributed by atoms with Gasteiger partial charge in [-0.05, 0) is 25.5 Å². The number of hydrogen-bond donors (Lipinski definition) is 0. The van der Waals surface area contributed by atoms with Crippen molar-refractivity contribution in [3.8, 4) is 0 Å². The van der Waals surface area contributed by atoms with Gasteiger partial charge in [-0.1, -0.05) is 19.9 Å². The van der Waals surface area contributed by atoms with E-state index in [2.05, 4.69) is 10.5 Å². The Labute approximate surface area is 86.0 Å². The molecule has 0 heterocycles. The van der Waals surface area contributed by atoms with Crippen LogP contribution in [0.2, 0.25) is 0 Å². The molecule has 0 aromatic rings. The molecule has 2 nitrogen and oxygen atoms in total. The molecule has 0 aromatic heterocycles. The summed E-state index contributed by atoms with van der Waals surface area (Å²) < 4.78 is 4.51. The highest BCUT2D eigenvalue weighted by Gasteiger charge is 2.09. The van der Waals surface area contributed by atoms with Gasteiger partial charge in [0.05, 0.1) is 7.11 Å². The molecular weight excluding hydrogens is 176 g/mol. The first-order valence-corrected chi connectivity index (χ1v) is 4.55. The molecule has 0 atom stereocenters. The van der Waals surface area contributed by atoms with E-state index in [1.165, 1.54) is 13.2 Å². The summed E-state index contributed by atoms with van der Waals surface area (Å²) in [4.78, 5) is 10.8. The van der Waals surface area contributed by atoms with Gasteiger partial charge in [0.2, 0.25) is 0 Å². The Kier molecular flexibility index (Phi) is 4.96. The number of allylic oxidation sites excluding steroid dienone is 2. The van der Waals surface area contributed by atoms with Crippen LogP contribution in [-0.4, -0.2) is 13.1 Å². The number of hydrogen-bond acceptors (Lipinski definition) is 2. The zero-order valence-corrected chi connectivity index (χ0v) is 9.55. The van der Waals surface area contributed by atoms with Crippen molar-refractivity contribution in [2.75, 3.05) is 7.11 Å². The van der Waals surface area contributed by atoms with E-state index in [0.29, 0.717) is 0 Å². The molecule has 0 aliphatic heterocycles. The first kappa shape index (κ1) is 12.7. The Morgan fingerprint density at radius 3 is 2.36 bits per heavy atom. The van der Waals surface area contributed by atoms with Crippen LogP contribution in [0.25, 0.3) is 0 Å². The molecule has 2 heteroatoms. The molecule has 0 radical (unpaired) electrons. The van der Waals surface area contributed by atoms with Crippen LogP contribution in [-0.2, 0) is 9.53 Å². The highest BCUT2D eigenvalue weighted by molar-refractivity contribution is 5.81. The normalized spacial score (nSPS) is 10.9. The molecule has 0 rings (SSSR count). The summed E-state index contributed by atoms with van der Waals surface area (Å²) >= 11 is 0. The molecule has 0 unspecified atom stereocenters. The minimum atomic E-state index is -0.330. The second-order valence-corrected chi connectivity index (χ2v) is 3.97. The van der Waals surface area contributed by atoms with E-state index in [1.54, 1.807) is 6.08 Å². The maximum Gasteiger partial charge on any atom is 0.330 e. The quantitative estimate of drug-likeness (QED) is 0.392. The van der Waals surface area contributed by atoms with Gasteiger partial charge in [-0.15, -0.1) is 5.73 Å². The van der Waals surface area contributed by atoms with Gasteiger partial charge < -0.3 is 4.74 Å². The van der Waals surface area contributed by atoms with Crippen LogP contribution >= 0.6 is 0 Å². The Morgan fingerprint density at radius 2 is 1.93 bits per heavy atom. The van der Waals surface area contributed by atoms with Crippen molar-refractivity contribution in [1.82, 2.24) is 0 Å². The molecule has 0 spiro atoms. The van der Waals surface area contributed by atoms with Gasteiger partial charge in [-0.3, -0.25) is 0 Å². The van der Waals surface area contributed by atoms with Gasteiger partial charge in [-0.2, -0.15) is 0 Å². The number of methoxy groups -OCH3 is 1. The fraction of sp³-hybridized carbons (Fsp3) is 0.500. The van der Waals surface area contributed by atoms with Gasteiger partial charge in [-0.25, -0.2) is 4.79 Å². The summed E-state index contributed by atoms with van der Waals surface area (Å²) in [6.45, 7) is 7.97. The Bertz CT molecular complexity index is 285. The maximum atomic E-state index is 10.8. The fourth-order valence-corrected chi connectivity index (χ4v) is 0.729. The van der Waals surface area contributed by atoms with Crippen LogP contribution in [0.1, 0.15) is 27.7 Å². The second-order valence-electron chi connectivity index (χ2n) is 3.97. The van der Waals surface area contributed by atoms with Crippen LogP contribution in [0.3, 0.4) is 0 Å². The van der Waals surface area contributed by atoms with E-state index >= 15 is 0 Å². The van der Waals surface area contributed by atoms with E-state index in [4.69, 9.17) is 0 Å². The highest BCUT2D eigenvalue weighted by atomic mass is 16.5. The lowest BCUT2D eigenvalue weighted by Gasteiger charge is -2.12. The minimum Gasteiger partial charge on any atom is -0.466 e. The third kappa shape index (κ3) is 6.27. The van der Waals surface area contributed by atoms with E-state index < -0.39 is 0 Å². The molecule has 0 saturated heterocycles. The smallest absolute Gasteiger partial charge is 0.330 e. The van der Waals surface area contributed by atoms with Gasteiger partial charge in [0.1, 0.15) is 0 Å². The molecule has 0 amide bonds. The summed E-state index contributed by atoms with van der Waals surface area (Å²) in [6.07, 6.45) is 5.17. The lowest BCUT2D eigenvalue weighted by Crippen LogP contribution is -2.04. The van der Waals surface area contributed by atoms with Crippen LogP contribution < -0.4 is 0 Å². The topological polar surface area (TPSA) is 26.3 Å². The Hall–Kier alpha value is -1.27. The lowest BCUT2D eigenvalue weighted by atomic mass is 9.93. The largest absolute Gasteiger partial charge is 0.466 e. The third-order valence-electron chi connectivity index (χ3n) is 1.58. The van der Waals surface area contributed by atoms with E-state index in [9.17, 15) is 4.79 Å². The predicted molar refractivity (Wildman–Crippen MR) is 57.9 cm³/mol. The van der Waals surface area contributed by atoms with Gasteiger partial charge in [0, 0.05) is 11.5 Å². The van der Waals surface area contributed by atoms with E-state index in [-0.39, 0.29) is 11.4 Å². The van der Waals surface area contributed by atoms with Crippen molar-refractivity contribution < 1.29 is 9.53 Å². The summed E-state index contributed by atoms with van der Waals surface area (Å²) in [6, 6.07) is 0.